The molecule has 3 aromatic heterocycles. The van der Waals surface area contributed by atoms with Crippen LogP contribution in [-0.4, -0.2) is 38.3 Å². The SMILES string of the molecule is O=C(c1cn2cc(Cl)ccc2n1)N1CCCC(c2ccc(Cc3cccc(F)c3)cn2)C1. The van der Waals surface area contributed by atoms with Crippen molar-refractivity contribution < 1.29 is 9.18 Å². The number of carbonyl (C=O) groups is 1. The van der Waals surface area contributed by atoms with Gasteiger partial charge in [-0.05, 0) is 60.7 Å². The van der Waals surface area contributed by atoms with Crippen LogP contribution in [0, 0.1) is 5.82 Å². The Bertz CT molecular complexity index is 1270. The van der Waals surface area contributed by atoms with Crippen molar-refractivity contribution >= 4 is 23.2 Å². The van der Waals surface area contributed by atoms with Crippen LogP contribution in [0.3, 0.4) is 0 Å². The molecule has 0 bridgehead atoms. The van der Waals surface area contributed by atoms with E-state index in [-0.39, 0.29) is 17.6 Å². The van der Waals surface area contributed by atoms with Crippen LogP contribution in [0.1, 0.15) is 46.1 Å². The van der Waals surface area contributed by atoms with E-state index in [0.717, 1.165) is 29.7 Å². The molecule has 1 aliphatic rings. The lowest BCUT2D eigenvalue weighted by Gasteiger charge is -2.32. The Kier molecular flexibility index (Phi) is 5.62. The predicted octanol–water partition coefficient (Wildman–Crippen LogP) is 5.13. The molecule has 5 rings (SSSR count). The molecule has 0 spiro atoms. The van der Waals surface area contributed by atoms with Gasteiger partial charge in [-0.1, -0.05) is 29.8 Å². The van der Waals surface area contributed by atoms with Crippen LogP contribution in [0.5, 0.6) is 0 Å². The lowest BCUT2D eigenvalue weighted by atomic mass is 9.93. The highest BCUT2D eigenvalue weighted by molar-refractivity contribution is 6.30. The maximum Gasteiger partial charge on any atom is 0.274 e. The first-order chi connectivity index (χ1) is 15.5. The number of hydrogen-bond donors (Lipinski definition) is 0. The van der Waals surface area contributed by atoms with Crippen LogP contribution in [0.25, 0.3) is 5.65 Å². The van der Waals surface area contributed by atoms with E-state index in [1.165, 1.54) is 6.07 Å². The first-order valence-electron chi connectivity index (χ1n) is 10.7. The Morgan fingerprint density at radius 3 is 2.84 bits per heavy atom. The van der Waals surface area contributed by atoms with Crippen molar-refractivity contribution in [2.45, 2.75) is 25.2 Å². The van der Waals surface area contributed by atoms with Gasteiger partial charge in [-0.15, -0.1) is 0 Å². The molecule has 162 valence electrons. The maximum absolute atomic E-state index is 13.4. The average molecular weight is 449 g/mol. The molecule has 1 atom stereocenters. The van der Waals surface area contributed by atoms with Gasteiger partial charge >= 0.3 is 0 Å². The van der Waals surface area contributed by atoms with Crippen molar-refractivity contribution in [2.75, 3.05) is 13.1 Å². The zero-order chi connectivity index (χ0) is 22.1. The molecule has 7 heteroatoms. The molecule has 5 nitrogen and oxygen atoms in total. The zero-order valence-electron chi connectivity index (χ0n) is 17.4. The molecule has 1 aromatic carbocycles. The third-order valence-electron chi connectivity index (χ3n) is 5.91. The van der Waals surface area contributed by atoms with Crippen LogP contribution in [0.2, 0.25) is 5.02 Å². The first-order valence-corrected chi connectivity index (χ1v) is 11.1. The second-order valence-corrected chi connectivity index (χ2v) is 8.66. The van der Waals surface area contributed by atoms with E-state index in [2.05, 4.69) is 9.97 Å². The number of rotatable bonds is 4. The number of benzene rings is 1. The third kappa shape index (κ3) is 4.36. The quantitative estimate of drug-likeness (QED) is 0.434. The predicted molar refractivity (Wildman–Crippen MR) is 122 cm³/mol. The Morgan fingerprint density at radius 2 is 2.03 bits per heavy atom. The molecule has 1 aliphatic heterocycles. The molecule has 4 heterocycles. The minimum absolute atomic E-state index is 0.0720. The molecule has 0 radical (unpaired) electrons. The molecule has 1 unspecified atom stereocenters. The number of amides is 1. The number of piperidine rings is 1. The molecule has 0 saturated carbocycles. The number of imidazole rings is 1. The highest BCUT2D eigenvalue weighted by Crippen LogP contribution is 2.27. The summed E-state index contributed by atoms with van der Waals surface area (Å²) in [7, 11) is 0. The van der Waals surface area contributed by atoms with Crippen molar-refractivity contribution in [2.24, 2.45) is 0 Å². The van der Waals surface area contributed by atoms with Gasteiger partial charge in [0, 0.05) is 43.3 Å². The number of carbonyl (C=O) groups excluding carboxylic acids is 1. The van der Waals surface area contributed by atoms with E-state index < -0.39 is 0 Å². The van der Waals surface area contributed by atoms with Crippen LogP contribution in [-0.2, 0) is 6.42 Å². The van der Waals surface area contributed by atoms with Gasteiger partial charge in [-0.3, -0.25) is 9.78 Å². The summed E-state index contributed by atoms with van der Waals surface area (Å²) >= 11 is 6.04. The van der Waals surface area contributed by atoms with Crippen molar-refractivity contribution in [1.82, 2.24) is 19.3 Å². The number of fused-ring (bicyclic) bond motifs is 1. The van der Waals surface area contributed by atoms with Gasteiger partial charge in [0.1, 0.15) is 17.2 Å². The van der Waals surface area contributed by atoms with Gasteiger partial charge < -0.3 is 9.30 Å². The molecule has 1 saturated heterocycles. The zero-order valence-corrected chi connectivity index (χ0v) is 18.2. The minimum Gasteiger partial charge on any atom is -0.337 e. The Labute approximate surface area is 190 Å². The van der Waals surface area contributed by atoms with E-state index in [4.69, 9.17) is 11.6 Å². The molecule has 1 amide bonds. The third-order valence-corrected chi connectivity index (χ3v) is 6.13. The lowest BCUT2D eigenvalue weighted by Crippen LogP contribution is -2.39. The van der Waals surface area contributed by atoms with Gasteiger partial charge in [-0.25, -0.2) is 9.37 Å². The number of nitrogens with zero attached hydrogens (tertiary/aromatic N) is 4. The highest BCUT2D eigenvalue weighted by Gasteiger charge is 2.27. The molecular weight excluding hydrogens is 427 g/mol. The topological polar surface area (TPSA) is 50.5 Å². The van der Waals surface area contributed by atoms with Crippen molar-refractivity contribution in [3.63, 3.8) is 0 Å². The first kappa shape index (κ1) is 20.6. The van der Waals surface area contributed by atoms with Crippen LogP contribution in [0.4, 0.5) is 4.39 Å². The largest absolute Gasteiger partial charge is 0.337 e. The molecule has 1 fully saturated rings. The van der Waals surface area contributed by atoms with Gasteiger partial charge in [-0.2, -0.15) is 0 Å². The van der Waals surface area contributed by atoms with E-state index in [1.54, 1.807) is 41.1 Å². The van der Waals surface area contributed by atoms with Crippen LogP contribution < -0.4 is 0 Å². The smallest absolute Gasteiger partial charge is 0.274 e. The summed E-state index contributed by atoms with van der Waals surface area (Å²) in [4.78, 5) is 24.1. The normalized spacial score (nSPS) is 16.4. The number of likely N-dealkylation sites (tertiary alicyclic amines) is 1. The second-order valence-electron chi connectivity index (χ2n) is 8.23. The Balaban J connectivity index is 1.28. The van der Waals surface area contributed by atoms with E-state index in [9.17, 15) is 9.18 Å². The summed E-state index contributed by atoms with van der Waals surface area (Å²) in [5.41, 5.74) is 4.05. The number of halogens is 2. The second kappa shape index (κ2) is 8.71. The summed E-state index contributed by atoms with van der Waals surface area (Å²) in [6.45, 7) is 1.32. The number of pyridine rings is 2. The number of hydrogen-bond acceptors (Lipinski definition) is 3. The van der Waals surface area contributed by atoms with Gasteiger partial charge in [0.2, 0.25) is 0 Å². The summed E-state index contributed by atoms with van der Waals surface area (Å²) in [6, 6.07) is 14.3. The Hall–Kier alpha value is -3.25. The monoisotopic (exact) mass is 448 g/mol. The minimum atomic E-state index is -0.229. The van der Waals surface area contributed by atoms with E-state index in [0.29, 0.717) is 35.9 Å². The summed E-state index contributed by atoms with van der Waals surface area (Å²) in [5.74, 6) is -0.118. The average Bonchev–Trinajstić information content (AvgIpc) is 3.22. The molecule has 0 N–H and O–H groups in total. The summed E-state index contributed by atoms with van der Waals surface area (Å²) in [5, 5.41) is 0.596. The molecular formula is C25H22ClFN4O. The van der Waals surface area contributed by atoms with Crippen molar-refractivity contribution in [3.05, 3.63) is 100 Å². The fourth-order valence-electron chi connectivity index (χ4n) is 4.30. The van der Waals surface area contributed by atoms with Crippen molar-refractivity contribution in [1.29, 1.82) is 0 Å². The standard InChI is InChI=1S/C25H22ClFN4O/c26-20-7-9-24-29-23(16-31(24)15-20)25(32)30-10-2-4-19(14-30)22-8-6-18(13-28-22)11-17-3-1-5-21(27)12-17/h1,3,5-9,12-13,15-16,19H,2,4,10-11,14H2. The summed E-state index contributed by atoms with van der Waals surface area (Å²) in [6.07, 6.45) is 7.87. The molecule has 0 aliphatic carbocycles. The van der Waals surface area contributed by atoms with Crippen LogP contribution in [0.15, 0.2) is 67.1 Å². The summed E-state index contributed by atoms with van der Waals surface area (Å²) < 4.78 is 15.2. The van der Waals surface area contributed by atoms with Gasteiger partial charge in [0.25, 0.3) is 5.91 Å². The van der Waals surface area contributed by atoms with E-state index >= 15 is 0 Å². The molecule has 32 heavy (non-hydrogen) atoms. The number of aromatic nitrogens is 3. The van der Waals surface area contributed by atoms with Gasteiger partial charge in [0.05, 0.1) is 5.02 Å². The fourth-order valence-corrected chi connectivity index (χ4v) is 4.47. The molecule has 4 aromatic rings. The highest BCUT2D eigenvalue weighted by atomic mass is 35.5. The van der Waals surface area contributed by atoms with Crippen LogP contribution >= 0.6 is 11.6 Å². The lowest BCUT2D eigenvalue weighted by molar-refractivity contribution is 0.0700. The van der Waals surface area contributed by atoms with E-state index in [1.807, 2.05) is 29.3 Å². The van der Waals surface area contributed by atoms with Crippen molar-refractivity contribution in [3.8, 4) is 0 Å². The Morgan fingerprint density at radius 1 is 1.12 bits per heavy atom. The fraction of sp³-hybridized carbons (Fsp3) is 0.240. The maximum atomic E-state index is 13.4. The van der Waals surface area contributed by atoms with Gasteiger partial charge in [0.15, 0.2) is 0 Å².